The molecule has 0 radical (unpaired) electrons. The molecule has 6 aliphatic rings. The number of aliphatic hydroxyl groups is 2. The van der Waals surface area contributed by atoms with E-state index in [2.05, 4.69) is 10.6 Å². The highest BCUT2D eigenvalue weighted by atomic mass is 16.6. The van der Waals surface area contributed by atoms with Crippen LogP contribution in [0.4, 0.5) is 51.2 Å². The average Bonchev–Trinajstić information content (AvgIpc) is 0.804. The molecule has 6 heterocycles. The van der Waals surface area contributed by atoms with E-state index < -0.39 is 84.1 Å². The van der Waals surface area contributed by atoms with Gasteiger partial charge in [0.15, 0.2) is 24.4 Å². The minimum absolute atomic E-state index is 0.00352. The van der Waals surface area contributed by atoms with Gasteiger partial charge in [-0.1, -0.05) is 54.6 Å². The number of carbonyl (C=O) groups excluding carboxylic acids is 10. The summed E-state index contributed by atoms with van der Waals surface area (Å²) in [6, 6.07) is 41.4. The molecule has 6 fully saturated rings. The third-order valence-corrected chi connectivity index (χ3v) is 17.5. The summed E-state index contributed by atoms with van der Waals surface area (Å²) < 4.78 is 41.9. The lowest BCUT2D eigenvalue weighted by Crippen LogP contribution is -2.56. The Kier molecular flexibility index (Phi) is 32.1. The summed E-state index contributed by atoms with van der Waals surface area (Å²) in [6.07, 6.45) is -8.16. The predicted molar refractivity (Wildman–Crippen MR) is 416 cm³/mol. The molecule has 12 rings (SSSR count). The Balaban J connectivity index is 0.000000200. The van der Waals surface area contributed by atoms with E-state index >= 15 is 0 Å². The number of anilines is 9. The number of ether oxygens (including phenoxy) is 8. The first-order chi connectivity index (χ1) is 54.6. The van der Waals surface area contributed by atoms with Gasteiger partial charge in [0.1, 0.15) is 19.8 Å². The SMILES string of the molecule is CC(=O)O[C@@H](C(=O)Nc1ccc(CC(=N)N)cc1)[C@H]1OCCN(c2cccc(N3CCOCC3=O)c2)C1=O.CC(=O)O[C@@H](C(=O)O)[C@H]1OCCN(c2cccc(N3CCOCC3=O)c2)C1=O.CO.N=C(N)Cc1ccc(N)cc1.N=C(N)Cc1ccc(NC(=O)[C@H](O)[C@H]2OCCN(c3cccc(N4CCOCC4=O)c3)C2=O)cc1. The second-order valence-electron chi connectivity index (χ2n) is 25.8. The molecule has 0 spiro atoms. The highest BCUT2D eigenvalue weighted by Gasteiger charge is 2.45. The second-order valence-corrected chi connectivity index (χ2v) is 25.8. The van der Waals surface area contributed by atoms with Gasteiger partial charge in [0.2, 0.25) is 12.2 Å². The van der Waals surface area contributed by atoms with Crippen LogP contribution in [0.25, 0.3) is 0 Å². The number of carboxylic acids is 1. The topological polar surface area (TPSA) is 541 Å². The zero-order valence-electron chi connectivity index (χ0n) is 62.6. The molecule has 16 N–H and O–H groups in total. The Morgan fingerprint density at radius 1 is 0.439 bits per heavy atom. The number of aliphatic carboxylic acids is 1. The van der Waals surface area contributed by atoms with Crippen molar-refractivity contribution in [3.8, 4) is 0 Å². The number of rotatable bonds is 22. The Bertz CT molecular complexity index is 4460. The number of nitrogens with zero attached hydrogens (tertiary/aromatic N) is 6. The van der Waals surface area contributed by atoms with Gasteiger partial charge in [-0.15, -0.1) is 0 Å². The van der Waals surface area contributed by atoms with Crippen LogP contribution in [0, 0.1) is 16.2 Å². The van der Waals surface area contributed by atoms with Gasteiger partial charge in [0.05, 0.1) is 57.1 Å². The molecule has 0 unspecified atom stereocenters. The number of aliphatic hydroxyl groups excluding tert-OH is 2. The summed E-state index contributed by atoms with van der Waals surface area (Å²) in [4.78, 5) is 145. The molecule has 8 amide bonds. The number of esters is 2. The Labute approximate surface area is 654 Å². The summed E-state index contributed by atoms with van der Waals surface area (Å²) in [5, 5.41) is 53.9. The van der Waals surface area contributed by atoms with Crippen molar-refractivity contribution in [3.63, 3.8) is 0 Å². The third-order valence-electron chi connectivity index (χ3n) is 17.5. The van der Waals surface area contributed by atoms with E-state index in [4.69, 9.17) is 82.2 Å². The van der Waals surface area contributed by atoms with Crippen molar-refractivity contribution >= 4 is 134 Å². The lowest BCUT2D eigenvalue weighted by atomic mass is 10.1. The maximum absolute atomic E-state index is 13.5. The van der Waals surface area contributed by atoms with Crippen LogP contribution in [0.15, 0.2) is 146 Å². The molecule has 6 atom stereocenters. The molecule has 37 heteroatoms. The molecule has 0 aromatic heterocycles. The molecule has 0 aliphatic carbocycles. The zero-order chi connectivity index (χ0) is 82.7. The number of morpholine rings is 6. The van der Waals surface area contributed by atoms with Crippen molar-refractivity contribution in [3.05, 3.63) is 162 Å². The van der Waals surface area contributed by atoms with Crippen LogP contribution in [0.1, 0.15) is 30.5 Å². The minimum atomic E-state index is -1.74. The number of amides is 8. The van der Waals surface area contributed by atoms with Gasteiger partial charge in [-0.25, -0.2) is 4.79 Å². The largest absolute Gasteiger partial charge is 0.478 e. The molecule has 606 valence electrons. The van der Waals surface area contributed by atoms with Crippen molar-refractivity contribution in [2.45, 2.75) is 69.7 Å². The van der Waals surface area contributed by atoms with Gasteiger partial charge >= 0.3 is 17.9 Å². The van der Waals surface area contributed by atoms with Crippen molar-refractivity contribution < 1.29 is 106 Å². The van der Waals surface area contributed by atoms with E-state index in [9.17, 15) is 63.0 Å². The van der Waals surface area contributed by atoms with E-state index in [-0.39, 0.29) is 107 Å². The van der Waals surface area contributed by atoms with E-state index in [0.717, 1.165) is 43.3 Å². The summed E-state index contributed by atoms with van der Waals surface area (Å²) in [6.45, 7) is 5.58. The molecule has 0 saturated carbocycles. The van der Waals surface area contributed by atoms with Crippen molar-refractivity contribution in [2.75, 3.05) is 152 Å². The molecule has 114 heavy (non-hydrogen) atoms. The van der Waals surface area contributed by atoms with Crippen LogP contribution in [0.5, 0.6) is 0 Å². The second kappa shape index (κ2) is 42.1. The lowest BCUT2D eigenvalue weighted by Gasteiger charge is -2.35. The number of benzene rings is 6. The van der Waals surface area contributed by atoms with Gasteiger partial charge in [-0.2, -0.15) is 0 Å². The minimum Gasteiger partial charge on any atom is -0.478 e. The number of carbonyl (C=O) groups is 11. The maximum Gasteiger partial charge on any atom is 0.348 e. The molecule has 0 bridgehead atoms. The summed E-state index contributed by atoms with van der Waals surface area (Å²) in [7, 11) is 1.00. The molecule has 37 nitrogen and oxygen atoms in total. The summed E-state index contributed by atoms with van der Waals surface area (Å²) in [5.74, 6) is -6.61. The Morgan fingerprint density at radius 2 is 0.728 bits per heavy atom. The Morgan fingerprint density at radius 3 is 1.05 bits per heavy atom. The van der Waals surface area contributed by atoms with Crippen molar-refractivity contribution in [1.82, 2.24) is 0 Å². The normalized spacial score (nSPS) is 18.4. The number of nitrogen functional groups attached to an aromatic ring is 1. The van der Waals surface area contributed by atoms with Crippen LogP contribution < -0.4 is 63.0 Å². The fourth-order valence-electron chi connectivity index (χ4n) is 12.2. The van der Waals surface area contributed by atoms with Crippen molar-refractivity contribution in [1.29, 1.82) is 16.2 Å². The first-order valence-electron chi connectivity index (χ1n) is 35.7. The number of hydrogen-bond donors (Lipinski definition) is 12. The molecule has 6 aliphatic heterocycles. The standard InChI is InChI=1S/C26H29N5O7.C24H27N5O6.C18H20N2O8.C8H11N3.CH4O/c1-16(32)38-23(25(34)29-18-7-5-17(6-8-18)13-21(27)28)24-26(35)31(10-12-37-24)20-4-2-3-19(14-20)30-9-11-36-15-22(30)33;25-19(26)12-15-4-6-16(7-5-15)27-23(32)21(31)22-24(33)29(9-11-35-22)18-3-1-2-17(13-18)28-8-10-34-14-20(28)30;1-11(21)28-16(18(24)25)15-17(23)20(6-8-27-15)13-4-2-3-12(9-13)19-5-7-26-10-14(19)22;9-7-3-1-6(2-4-7)5-8(10)11;1-2/h2-8,14,23-24H,9-13,15H2,1H3,(H3,27,28)(H,29,34);1-7,13,21-22,31H,8-12,14H2,(H3,25,26)(H,27,32);2-4,9,15-16H,5-8,10H2,1H3,(H,24,25);1-4H,5,9H2,(H3,10,11);2H,1H3/t23-,24-;21-,22-;15-,16-;;/m111../s1. The summed E-state index contributed by atoms with van der Waals surface area (Å²) >= 11 is 0. The van der Waals surface area contributed by atoms with Gasteiger partial charge in [-0.05, 0) is 108 Å². The maximum atomic E-state index is 13.5. The summed E-state index contributed by atoms with van der Waals surface area (Å²) in [5.41, 5.74) is 29.1. The highest BCUT2D eigenvalue weighted by Crippen LogP contribution is 2.31. The average molecular weight is 1580 g/mol. The smallest absolute Gasteiger partial charge is 0.348 e. The van der Waals surface area contributed by atoms with Crippen LogP contribution in [-0.2, 0) is 110 Å². The van der Waals surface area contributed by atoms with E-state index in [1.54, 1.807) is 148 Å². The number of carboxylic acid groups (broad SMARTS) is 1. The third kappa shape index (κ3) is 24.4. The van der Waals surface area contributed by atoms with Crippen LogP contribution in [0.3, 0.4) is 0 Å². The van der Waals surface area contributed by atoms with Crippen molar-refractivity contribution in [2.24, 2.45) is 17.2 Å². The van der Waals surface area contributed by atoms with E-state index in [0.29, 0.717) is 91.4 Å². The van der Waals surface area contributed by atoms with Gasteiger partial charge in [0, 0.05) is 131 Å². The molecule has 6 aromatic carbocycles. The lowest BCUT2D eigenvalue weighted by molar-refractivity contribution is -0.177. The first-order valence-corrected chi connectivity index (χ1v) is 35.7. The fourth-order valence-corrected chi connectivity index (χ4v) is 12.2. The monoisotopic (exact) mass is 1580 g/mol. The Hall–Kier alpha value is -12.6. The number of amidine groups is 3. The van der Waals surface area contributed by atoms with E-state index in [1.165, 1.54) is 14.7 Å². The molecule has 6 saturated heterocycles. The van der Waals surface area contributed by atoms with E-state index in [1.807, 2.05) is 12.1 Å². The number of nitrogens with two attached hydrogens (primary N) is 4. The predicted octanol–water partition coefficient (Wildman–Crippen LogP) is 1.24. The highest BCUT2D eigenvalue weighted by molar-refractivity contribution is 6.07. The first kappa shape index (κ1) is 87.0. The van der Waals surface area contributed by atoms with Gasteiger partial charge in [0.25, 0.3) is 47.3 Å². The number of nitrogens with one attached hydrogen (secondary N) is 5. The van der Waals surface area contributed by atoms with Crippen LogP contribution in [-0.4, -0.2) is 240 Å². The van der Waals surface area contributed by atoms with Gasteiger partial charge < -0.3 is 116 Å². The quantitative estimate of drug-likeness (QED) is 0.0197. The fraction of sp³-hybridized carbons (Fsp3) is 0.351. The molecular weight excluding hydrogens is 1490 g/mol. The zero-order valence-corrected chi connectivity index (χ0v) is 62.6. The van der Waals surface area contributed by atoms with Gasteiger partial charge in [-0.3, -0.25) is 64.2 Å². The molecular formula is C77H91N15O22. The van der Waals surface area contributed by atoms with Crippen LogP contribution >= 0.6 is 0 Å². The molecule has 6 aromatic rings. The van der Waals surface area contributed by atoms with Crippen LogP contribution in [0.2, 0.25) is 0 Å². The number of hydrogen-bond acceptors (Lipinski definition) is 25.